The number of sulfonamides is 1. The molecule has 1 atom stereocenters. The van der Waals surface area contributed by atoms with E-state index >= 15 is 0 Å². The first-order valence-electron chi connectivity index (χ1n) is 10.2. The van der Waals surface area contributed by atoms with Gasteiger partial charge in [0.2, 0.25) is 15.9 Å². The number of benzene rings is 2. The fourth-order valence-corrected chi connectivity index (χ4v) is 4.25. The monoisotopic (exact) mass is 474 g/mol. The van der Waals surface area contributed by atoms with Crippen molar-refractivity contribution in [1.82, 2.24) is 9.71 Å². The van der Waals surface area contributed by atoms with E-state index in [9.17, 15) is 13.2 Å². The van der Waals surface area contributed by atoms with Crippen molar-refractivity contribution in [2.24, 2.45) is 5.92 Å². The van der Waals surface area contributed by atoms with Crippen LogP contribution in [0.4, 0.5) is 0 Å². The number of nitrogens with zero attached hydrogens (tertiary/aromatic N) is 1. The molecule has 1 N–H and O–H groups in total. The van der Waals surface area contributed by atoms with E-state index in [1.165, 1.54) is 37.6 Å². The van der Waals surface area contributed by atoms with Crippen LogP contribution < -0.4 is 14.2 Å². The fraction of sp³-hybridized carbons (Fsp3) is 0.304. The molecule has 0 bridgehead atoms. The Kier molecular flexibility index (Phi) is 7.72. The average Bonchev–Trinajstić information content (AvgIpc) is 3.30. The second-order valence-corrected chi connectivity index (χ2v) is 9.21. The van der Waals surface area contributed by atoms with Crippen LogP contribution in [0, 0.1) is 5.92 Å². The highest BCUT2D eigenvalue weighted by atomic mass is 32.2. The maximum Gasteiger partial charge on any atom is 0.324 e. The molecule has 9 nitrogen and oxygen atoms in total. The minimum atomic E-state index is -3.95. The first-order chi connectivity index (χ1) is 15.7. The molecule has 0 aliphatic carbocycles. The maximum absolute atomic E-state index is 12.7. The van der Waals surface area contributed by atoms with Crippen molar-refractivity contribution >= 4 is 16.0 Å². The lowest BCUT2D eigenvalue weighted by atomic mass is 10.1. The number of hydrogen-bond donors (Lipinski definition) is 1. The van der Waals surface area contributed by atoms with Crippen LogP contribution in [0.15, 0.2) is 64.1 Å². The molecule has 0 fully saturated rings. The summed E-state index contributed by atoms with van der Waals surface area (Å²) in [6.45, 7) is 3.28. The number of nitrogens with one attached hydrogen (secondary N) is 1. The third-order valence-corrected chi connectivity index (χ3v) is 6.28. The average molecular weight is 475 g/mol. The van der Waals surface area contributed by atoms with Crippen LogP contribution in [-0.4, -0.2) is 39.6 Å². The van der Waals surface area contributed by atoms with Gasteiger partial charge in [-0.15, -0.1) is 0 Å². The molecule has 33 heavy (non-hydrogen) atoms. The van der Waals surface area contributed by atoms with Crippen LogP contribution in [0.5, 0.6) is 11.5 Å². The molecule has 1 heterocycles. The van der Waals surface area contributed by atoms with Gasteiger partial charge in [-0.2, -0.15) is 4.72 Å². The molecule has 3 aromatic rings. The Morgan fingerprint density at radius 2 is 1.58 bits per heavy atom. The number of aromatic nitrogens is 1. The zero-order valence-corrected chi connectivity index (χ0v) is 19.6. The number of carbonyl (C=O) groups is 1. The molecule has 3 rings (SSSR count). The number of rotatable bonds is 10. The van der Waals surface area contributed by atoms with Crippen molar-refractivity contribution < 1.29 is 31.8 Å². The van der Waals surface area contributed by atoms with Crippen molar-refractivity contribution in [3.05, 3.63) is 60.5 Å². The van der Waals surface area contributed by atoms with Gasteiger partial charge in [-0.1, -0.05) is 13.8 Å². The van der Waals surface area contributed by atoms with Crippen LogP contribution >= 0.6 is 0 Å². The molecule has 2 aromatic carbocycles. The van der Waals surface area contributed by atoms with Crippen LogP contribution in [0.3, 0.4) is 0 Å². The van der Waals surface area contributed by atoms with Crippen molar-refractivity contribution in [3.63, 3.8) is 0 Å². The largest absolute Gasteiger partial charge is 0.497 e. The molecule has 0 radical (unpaired) electrons. The zero-order chi connectivity index (χ0) is 24.0. The SMILES string of the molecule is COc1ccc(-c2nc(COC(=O)[C@@H](NS(=O)(=O)c3ccc(OC)cc3)C(C)C)co2)cc1. The van der Waals surface area contributed by atoms with E-state index in [2.05, 4.69) is 9.71 Å². The third-order valence-electron chi connectivity index (χ3n) is 4.82. The summed E-state index contributed by atoms with van der Waals surface area (Å²) in [5.74, 6) is 0.532. The highest BCUT2D eigenvalue weighted by molar-refractivity contribution is 7.89. The summed E-state index contributed by atoms with van der Waals surface area (Å²) in [4.78, 5) is 17.0. The standard InChI is InChI=1S/C23H26N2O7S/c1-15(2)21(25-33(27,28)20-11-9-19(30-4)10-12-20)23(26)32-14-17-13-31-22(24-17)16-5-7-18(29-3)8-6-16/h5-13,15,21,25H,14H2,1-4H3/t21-/m0/s1. The summed E-state index contributed by atoms with van der Waals surface area (Å²) >= 11 is 0. The lowest BCUT2D eigenvalue weighted by Gasteiger charge is -2.20. The molecular weight excluding hydrogens is 448 g/mol. The van der Waals surface area contributed by atoms with Crippen LogP contribution in [0.1, 0.15) is 19.5 Å². The van der Waals surface area contributed by atoms with Gasteiger partial charge >= 0.3 is 5.97 Å². The quantitative estimate of drug-likeness (QED) is 0.444. The highest BCUT2D eigenvalue weighted by Gasteiger charge is 2.30. The lowest BCUT2D eigenvalue weighted by Crippen LogP contribution is -2.45. The van der Waals surface area contributed by atoms with E-state index in [1.54, 1.807) is 45.2 Å². The topological polar surface area (TPSA) is 117 Å². The third kappa shape index (κ3) is 6.11. The summed E-state index contributed by atoms with van der Waals surface area (Å²) in [6.07, 6.45) is 1.39. The molecule has 0 aliphatic heterocycles. The zero-order valence-electron chi connectivity index (χ0n) is 18.8. The number of ether oxygens (including phenoxy) is 3. The minimum absolute atomic E-state index is 0.0161. The predicted octanol–water partition coefficient (Wildman–Crippen LogP) is 3.41. The van der Waals surface area contributed by atoms with E-state index in [4.69, 9.17) is 18.6 Å². The Hall–Kier alpha value is -3.37. The van der Waals surface area contributed by atoms with Gasteiger partial charge in [0.05, 0.1) is 19.1 Å². The summed E-state index contributed by atoms with van der Waals surface area (Å²) in [6, 6.07) is 11.9. The molecule has 10 heteroatoms. The molecule has 0 spiro atoms. The van der Waals surface area contributed by atoms with E-state index in [-0.39, 0.29) is 17.4 Å². The first kappa shape index (κ1) is 24.3. The van der Waals surface area contributed by atoms with Crippen molar-refractivity contribution in [1.29, 1.82) is 0 Å². The summed E-state index contributed by atoms with van der Waals surface area (Å²) in [5.41, 5.74) is 1.13. The number of hydrogen-bond acceptors (Lipinski definition) is 8. The summed E-state index contributed by atoms with van der Waals surface area (Å²) < 4.78 is 48.9. The molecule has 0 saturated heterocycles. The summed E-state index contributed by atoms with van der Waals surface area (Å²) in [7, 11) is -0.881. The van der Waals surface area contributed by atoms with Crippen LogP contribution in [0.25, 0.3) is 11.5 Å². The summed E-state index contributed by atoms with van der Waals surface area (Å²) in [5, 5.41) is 0. The van der Waals surface area contributed by atoms with Crippen LogP contribution in [0.2, 0.25) is 0 Å². The Bertz CT molecular complexity index is 1170. The number of esters is 1. The molecule has 1 aromatic heterocycles. The Morgan fingerprint density at radius 1 is 1.00 bits per heavy atom. The van der Waals surface area contributed by atoms with E-state index in [0.717, 1.165) is 5.56 Å². The van der Waals surface area contributed by atoms with E-state index < -0.39 is 22.0 Å². The number of carbonyl (C=O) groups excluding carboxylic acids is 1. The van der Waals surface area contributed by atoms with Crippen molar-refractivity contribution in [2.75, 3.05) is 14.2 Å². The van der Waals surface area contributed by atoms with Crippen molar-refractivity contribution in [3.8, 4) is 23.0 Å². The fourth-order valence-electron chi connectivity index (χ4n) is 2.92. The highest BCUT2D eigenvalue weighted by Crippen LogP contribution is 2.22. The van der Waals surface area contributed by atoms with E-state index in [1.807, 2.05) is 0 Å². The van der Waals surface area contributed by atoms with Gasteiger partial charge in [0.25, 0.3) is 0 Å². The normalized spacial score (nSPS) is 12.4. The molecular formula is C23H26N2O7S. The Labute approximate surface area is 192 Å². The smallest absolute Gasteiger partial charge is 0.324 e. The molecule has 0 unspecified atom stereocenters. The molecule has 176 valence electrons. The molecule has 0 aliphatic rings. The van der Waals surface area contributed by atoms with Gasteiger partial charge < -0.3 is 18.6 Å². The Balaban J connectivity index is 1.65. The van der Waals surface area contributed by atoms with Gasteiger partial charge in [-0.25, -0.2) is 13.4 Å². The number of oxazole rings is 1. The lowest BCUT2D eigenvalue weighted by molar-refractivity contribution is -0.148. The van der Waals surface area contributed by atoms with Gasteiger partial charge in [-0.3, -0.25) is 4.79 Å². The molecule has 0 amide bonds. The maximum atomic E-state index is 12.7. The van der Waals surface area contributed by atoms with E-state index in [0.29, 0.717) is 23.1 Å². The second-order valence-electron chi connectivity index (χ2n) is 7.50. The van der Waals surface area contributed by atoms with Crippen molar-refractivity contribution in [2.45, 2.75) is 31.4 Å². The van der Waals surface area contributed by atoms with Gasteiger partial charge in [0.15, 0.2) is 0 Å². The minimum Gasteiger partial charge on any atom is -0.497 e. The van der Waals surface area contributed by atoms with Gasteiger partial charge in [0.1, 0.15) is 36.1 Å². The van der Waals surface area contributed by atoms with Crippen LogP contribution in [-0.2, 0) is 26.2 Å². The second kappa shape index (κ2) is 10.5. The van der Waals surface area contributed by atoms with Gasteiger partial charge in [-0.05, 0) is 54.4 Å². The molecule has 0 saturated carbocycles. The first-order valence-corrected chi connectivity index (χ1v) is 11.6. The number of methoxy groups -OCH3 is 2. The predicted molar refractivity (Wildman–Crippen MR) is 120 cm³/mol. The van der Waals surface area contributed by atoms with Gasteiger partial charge in [0, 0.05) is 5.56 Å². The Morgan fingerprint density at radius 3 is 2.12 bits per heavy atom.